The van der Waals surface area contributed by atoms with Crippen LogP contribution in [0.5, 0.6) is 5.75 Å². The topological polar surface area (TPSA) is 9.23 Å². The number of alkyl halides is 1. The number of rotatable bonds is 5. The predicted octanol–water partition coefficient (Wildman–Crippen LogP) is 6.80. The standard InChI is InChI=1S/C22H31IO/c1-4-21(23)17-5-7-20(8-6-17)24-22(14(2)3)18-10-15-9-16(12-18)13-19(22)11-15/h5-8,14-16,18-19,21H,4,9-13H2,1-3H3. The highest BCUT2D eigenvalue weighted by Gasteiger charge is 2.60. The molecule has 5 rings (SSSR count). The van der Waals surface area contributed by atoms with E-state index in [1.54, 1.807) is 0 Å². The third-order valence-corrected chi connectivity index (χ3v) is 8.81. The SMILES string of the molecule is CCC(I)c1ccc(OC2(C(C)C)C3CC4CC(C3)CC2C4)cc1. The van der Waals surface area contributed by atoms with E-state index < -0.39 is 0 Å². The molecular weight excluding hydrogens is 407 g/mol. The van der Waals surface area contributed by atoms with Gasteiger partial charge in [-0.25, -0.2) is 0 Å². The van der Waals surface area contributed by atoms with Gasteiger partial charge in [-0.2, -0.15) is 0 Å². The second kappa shape index (κ2) is 6.48. The number of halogens is 1. The fourth-order valence-corrected chi connectivity index (χ4v) is 6.75. The van der Waals surface area contributed by atoms with Crippen LogP contribution in [0.15, 0.2) is 24.3 Å². The summed E-state index contributed by atoms with van der Waals surface area (Å²) >= 11 is 2.54. The van der Waals surface area contributed by atoms with Crippen molar-refractivity contribution in [3.8, 4) is 5.75 Å². The first-order valence-corrected chi connectivity index (χ1v) is 11.2. The van der Waals surface area contributed by atoms with E-state index >= 15 is 0 Å². The van der Waals surface area contributed by atoms with Crippen molar-refractivity contribution in [1.82, 2.24) is 0 Å². The molecule has 4 aliphatic carbocycles. The first-order chi connectivity index (χ1) is 11.5. The second-order valence-electron chi connectivity index (χ2n) is 8.86. The minimum atomic E-state index is 0.0867. The molecule has 0 aliphatic heterocycles. The van der Waals surface area contributed by atoms with Gasteiger partial charge in [-0.05, 0) is 85.8 Å². The van der Waals surface area contributed by atoms with E-state index in [0.717, 1.165) is 29.4 Å². The molecule has 2 heteroatoms. The van der Waals surface area contributed by atoms with Gasteiger partial charge in [-0.3, -0.25) is 0 Å². The monoisotopic (exact) mass is 438 g/mol. The van der Waals surface area contributed by atoms with Crippen molar-refractivity contribution in [3.05, 3.63) is 29.8 Å². The maximum atomic E-state index is 6.91. The molecule has 0 amide bonds. The molecule has 0 N–H and O–H groups in total. The highest BCUT2D eigenvalue weighted by Crippen LogP contribution is 2.61. The smallest absolute Gasteiger partial charge is 0.120 e. The van der Waals surface area contributed by atoms with Crippen LogP contribution in [0.2, 0.25) is 0 Å². The van der Waals surface area contributed by atoms with E-state index in [9.17, 15) is 0 Å². The molecular formula is C22H31IO. The second-order valence-corrected chi connectivity index (χ2v) is 10.4. The molecule has 0 heterocycles. The molecule has 1 atom stereocenters. The normalized spacial score (nSPS) is 38.5. The van der Waals surface area contributed by atoms with E-state index in [2.05, 4.69) is 67.6 Å². The Bertz CT molecular complexity index is 548. The van der Waals surface area contributed by atoms with Crippen LogP contribution in [0.4, 0.5) is 0 Å². The molecule has 1 aromatic rings. The Balaban J connectivity index is 1.60. The lowest BCUT2D eigenvalue weighted by Gasteiger charge is -2.62. The zero-order valence-electron chi connectivity index (χ0n) is 15.3. The lowest BCUT2D eigenvalue weighted by Crippen LogP contribution is -2.63. The Labute approximate surface area is 161 Å². The van der Waals surface area contributed by atoms with Crippen LogP contribution in [-0.4, -0.2) is 5.60 Å². The largest absolute Gasteiger partial charge is 0.486 e. The van der Waals surface area contributed by atoms with E-state index in [1.807, 2.05) is 0 Å². The Morgan fingerprint density at radius 1 is 1.00 bits per heavy atom. The zero-order chi connectivity index (χ0) is 16.9. The number of hydrogen-bond donors (Lipinski definition) is 0. The van der Waals surface area contributed by atoms with Crippen molar-refractivity contribution in [1.29, 1.82) is 0 Å². The molecule has 4 aliphatic rings. The third-order valence-electron chi connectivity index (χ3n) is 7.21. The van der Waals surface area contributed by atoms with Crippen LogP contribution >= 0.6 is 22.6 Å². The van der Waals surface area contributed by atoms with Gasteiger partial charge in [0.2, 0.25) is 0 Å². The molecule has 4 saturated carbocycles. The van der Waals surface area contributed by atoms with Crippen molar-refractivity contribution in [3.63, 3.8) is 0 Å². The molecule has 132 valence electrons. The van der Waals surface area contributed by atoms with Gasteiger partial charge in [-0.1, -0.05) is 55.5 Å². The maximum Gasteiger partial charge on any atom is 0.120 e. The third kappa shape index (κ3) is 2.71. The summed E-state index contributed by atoms with van der Waals surface area (Å²) in [6, 6.07) is 9.01. The van der Waals surface area contributed by atoms with Crippen molar-refractivity contribution in [2.75, 3.05) is 0 Å². The summed E-state index contributed by atoms with van der Waals surface area (Å²) in [5, 5.41) is 0. The van der Waals surface area contributed by atoms with E-state index in [-0.39, 0.29) is 5.60 Å². The van der Waals surface area contributed by atoms with E-state index in [1.165, 1.54) is 44.1 Å². The van der Waals surface area contributed by atoms with Gasteiger partial charge >= 0.3 is 0 Å². The van der Waals surface area contributed by atoms with Crippen molar-refractivity contribution < 1.29 is 4.74 Å². The van der Waals surface area contributed by atoms with Crippen LogP contribution in [0.25, 0.3) is 0 Å². The summed E-state index contributed by atoms with van der Waals surface area (Å²) in [5.41, 5.74) is 1.51. The Morgan fingerprint density at radius 3 is 2.00 bits per heavy atom. The molecule has 1 nitrogen and oxygen atoms in total. The van der Waals surface area contributed by atoms with Gasteiger partial charge in [0.25, 0.3) is 0 Å². The average molecular weight is 438 g/mol. The highest BCUT2D eigenvalue weighted by atomic mass is 127. The lowest BCUT2D eigenvalue weighted by atomic mass is 9.47. The molecule has 4 bridgehead atoms. The van der Waals surface area contributed by atoms with Gasteiger partial charge in [0.1, 0.15) is 11.4 Å². The summed E-state index contributed by atoms with van der Waals surface area (Å²) in [6.07, 6.45) is 8.33. The first kappa shape index (κ1) is 17.2. The van der Waals surface area contributed by atoms with Crippen LogP contribution in [0.1, 0.15) is 68.8 Å². The molecule has 0 aromatic heterocycles. The minimum absolute atomic E-state index is 0.0867. The Morgan fingerprint density at radius 2 is 1.54 bits per heavy atom. The molecule has 24 heavy (non-hydrogen) atoms. The summed E-state index contributed by atoms with van der Waals surface area (Å²) in [6.45, 7) is 7.05. The summed E-state index contributed by atoms with van der Waals surface area (Å²) < 4.78 is 7.51. The first-order valence-electron chi connectivity index (χ1n) is 9.96. The van der Waals surface area contributed by atoms with Crippen molar-refractivity contribution in [2.24, 2.45) is 29.6 Å². The molecule has 0 radical (unpaired) electrons. The molecule has 1 aromatic carbocycles. The van der Waals surface area contributed by atoms with Crippen LogP contribution in [0, 0.1) is 29.6 Å². The summed E-state index contributed by atoms with van der Waals surface area (Å²) in [5.74, 6) is 5.24. The summed E-state index contributed by atoms with van der Waals surface area (Å²) in [7, 11) is 0. The van der Waals surface area contributed by atoms with Gasteiger partial charge in [0.15, 0.2) is 0 Å². The quantitative estimate of drug-likeness (QED) is 0.363. The highest BCUT2D eigenvalue weighted by molar-refractivity contribution is 14.1. The molecule has 1 unspecified atom stereocenters. The minimum Gasteiger partial charge on any atom is -0.486 e. The van der Waals surface area contributed by atoms with E-state index in [4.69, 9.17) is 4.74 Å². The van der Waals surface area contributed by atoms with Gasteiger partial charge in [0, 0.05) is 3.92 Å². The van der Waals surface area contributed by atoms with Crippen LogP contribution in [-0.2, 0) is 0 Å². The maximum absolute atomic E-state index is 6.91. The fraction of sp³-hybridized carbons (Fsp3) is 0.727. The van der Waals surface area contributed by atoms with Gasteiger partial charge in [-0.15, -0.1) is 0 Å². The Hall–Kier alpha value is -0.250. The van der Waals surface area contributed by atoms with Crippen molar-refractivity contribution >= 4 is 22.6 Å². The Kier molecular flexibility index (Phi) is 4.64. The molecule has 4 fully saturated rings. The van der Waals surface area contributed by atoms with Crippen molar-refractivity contribution in [2.45, 2.75) is 68.8 Å². The number of ether oxygens (including phenoxy) is 1. The number of benzene rings is 1. The fourth-order valence-electron chi connectivity index (χ4n) is 6.33. The van der Waals surface area contributed by atoms with Gasteiger partial charge < -0.3 is 4.74 Å². The van der Waals surface area contributed by atoms with Crippen LogP contribution < -0.4 is 4.74 Å². The zero-order valence-corrected chi connectivity index (χ0v) is 17.5. The molecule has 0 spiro atoms. The van der Waals surface area contributed by atoms with E-state index in [0.29, 0.717) is 9.84 Å². The number of hydrogen-bond acceptors (Lipinski definition) is 1. The molecule has 0 saturated heterocycles. The van der Waals surface area contributed by atoms with Crippen LogP contribution in [0.3, 0.4) is 0 Å². The summed E-state index contributed by atoms with van der Waals surface area (Å²) in [4.78, 5) is 0. The van der Waals surface area contributed by atoms with Gasteiger partial charge in [0.05, 0.1) is 0 Å². The predicted molar refractivity (Wildman–Crippen MR) is 109 cm³/mol. The lowest BCUT2D eigenvalue weighted by molar-refractivity contribution is -0.179. The average Bonchev–Trinajstić information content (AvgIpc) is 2.57.